The molecule has 5 heteroatoms. The van der Waals surface area contributed by atoms with Crippen LogP contribution in [0.2, 0.25) is 0 Å². The first-order chi connectivity index (χ1) is 12.3. The molecule has 2 atom stereocenters. The van der Waals surface area contributed by atoms with Gasteiger partial charge in [0.2, 0.25) is 0 Å². The second kappa shape index (κ2) is 8.85. The van der Waals surface area contributed by atoms with Crippen LogP contribution in [0.25, 0.3) is 0 Å². The monoisotopic (exact) mass is 361 g/mol. The second-order valence-corrected chi connectivity index (χ2v) is 8.20. The van der Waals surface area contributed by atoms with Gasteiger partial charge in [-0.3, -0.25) is 9.80 Å². The smallest absolute Gasteiger partial charge is 0.416 e. The van der Waals surface area contributed by atoms with Gasteiger partial charge in [0.05, 0.1) is 0 Å². The molecule has 2 heterocycles. The molecule has 1 aromatic heterocycles. The summed E-state index contributed by atoms with van der Waals surface area (Å²) in [5, 5.41) is 0. The summed E-state index contributed by atoms with van der Waals surface area (Å²) in [6, 6.07) is 4.56. The van der Waals surface area contributed by atoms with Crippen LogP contribution < -0.4 is 4.90 Å². The van der Waals surface area contributed by atoms with Gasteiger partial charge in [0.15, 0.2) is 0 Å². The molecule has 0 saturated carbocycles. The molecule has 0 bridgehead atoms. The third kappa shape index (κ3) is 5.19. The Kier molecular flexibility index (Phi) is 7.04. The van der Waals surface area contributed by atoms with Crippen LogP contribution in [0.1, 0.15) is 78.8 Å². The molecule has 146 valence electrons. The zero-order chi connectivity index (χ0) is 19.3. The molecule has 26 heavy (non-hydrogen) atoms. The molecule has 0 unspecified atom stereocenters. The lowest BCUT2D eigenvalue weighted by Crippen LogP contribution is -2.42. The number of carbonyl (C=O) groups excluding carboxylic acids is 1. The van der Waals surface area contributed by atoms with Crippen molar-refractivity contribution in [2.24, 2.45) is 0 Å². The van der Waals surface area contributed by atoms with E-state index in [1.165, 1.54) is 24.8 Å². The molecule has 0 N–H and O–H groups in total. The highest BCUT2D eigenvalue weighted by molar-refractivity contribution is 5.87. The third-order valence-corrected chi connectivity index (χ3v) is 5.04. The van der Waals surface area contributed by atoms with Gasteiger partial charge in [0, 0.05) is 18.3 Å². The largest absolute Gasteiger partial charge is 0.443 e. The van der Waals surface area contributed by atoms with Crippen LogP contribution in [-0.2, 0) is 4.74 Å². The van der Waals surface area contributed by atoms with E-state index in [0.717, 1.165) is 19.5 Å². The Morgan fingerprint density at radius 3 is 2.62 bits per heavy atom. The molecule has 0 radical (unpaired) electrons. The SMILES string of the molecule is CC[C@@H](C)N(C(=O)OC(C)(C)C)c1ccc([C@@H]2CCCCN2CC)cn1. The van der Waals surface area contributed by atoms with Crippen LogP contribution in [-0.4, -0.2) is 40.7 Å². The minimum absolute atomic E-state index is 0.0324. The maximum atomic E-state index is 12.7. The molecule has 1 saturated heterocycles. The van der Waals surface area contributed by atoms with Crippen LogP contribution in [0, 0.1) is 0 Å². The van der Waals surface area contributed by atoms with Gasteiger partial charge in [0.25, 0.3) is 0 Å². The van der Waals surface area contributed by atoms with Gasteiger partial charge in [-0.05, 0) is 71.7 Å². The van der Waals surface area contributed by atoms with E-state index in [4.69, 9.17) is 4.74 Å². The summed E-state index contributed by atoms with van der Waals surface area (Å²) in [6.45, 7) is 14.2. The van der Waals surface area contributed by atoms with Crippen molar-refractivity contribution >= 4 is 11.9 Å². The zero-order valence-electron chi connectivity index (χ0n) is 17.3. The van der Waals surface area contributed by atoms with Crippen LogP contribution in [0.3, 0.4) is 0 Å². The van der Waals surface area contributed by atoms with Crippen LogP contribution >= 0.6 is 0 Å². The van der Waals surface area contributed by atoms with Crippen molar-refractivity contribution in [1.29, 1.82) is 0 Å². The fourth-order valence-electron chi connectivity index (χ4n) is 3.48. The summed E-state index contributed by atoms with van der Waals surface area (Å²) in [5.74, 6) is 0.663. The Morgan fingerprint density at radius 2 is 2.08 bits per heavy atom. The fourth-order valence-corrected chi connectivity index (χ4v) is 3.48. The standard InChI is InChI=1S/C21H35N3O2/c1-7-16(3)24(20(25)26-21(4,5)6)19-13-12-17(15-22-19)18-11-9-10-14-23(18)8-2/h12-13,15-16,18H,7-11,14H2,1-6H3/t16-,18+/m1/s1. The summed E-state index contributed by atoms with van der Waals surface area (Å²) < 4.78 is 5.60. The number of pyridine rings is 1. The molecule has 0 spiro atoms. The molecule has 1 amide bonds. The molecular formula is C21H35N3O2. The highest BCUT2D eigenvalue weighted by atomic mass is 16.6. The van der Waals surface area contributed by atoms with Crippen LogP contribution in [0.15, 0.2) is 18.3 Å². The Labute approximate surface area is 158 Å². The van der Waals surface area contributed by atoms with E-state index in [9.17, 15) is 4.79 Å². The van der Waals surface area contributed by atoms with E-state index >= 15 is 0 Å². The van der Waals surface area contributed by atoms with Crippen molar-refractivity contribution in [3.63, 3.8) is 0 Å². The Morgan fingerprint density at radius 1 is 1.35 bits per heavy atom. The molecule has 1 aromatic rings. The minimum Gasteiger partial charge on any atom is -0.443 e. The zero-order valence-corrected chi connectivity index (χ0v) is 17.3. The second-order valence-electron chi connectivity index (χ2n) is 8.20. The number of hydrogen-bond donors (Lipinski definition) is 0. The number of ether oxygens (including phenoxy) is 1. The van der Waals surface area contributed by atoms with Gasteiger partial charge in [-0.1, -0.05) is 26.3 Å². The van der Waals surface area contributed by atoms with Gasteiger partial charge in [-0.2, -0.15) is 0 Å². The summed E-state index contributed by atoms with van der Waals surface area (Å²) in [4.78, 5) is 21.5. The van der Waals surface area contributed by atoms with Crippen LogP contribution in [0.4, 0.5) is 10.6 Å². The summed E-state index contributed by atoms with van der Waals surface area (Å²) in [7, 11) is 0. The molecule has 0 aromatic carbocycles. The van der Waals surface area contributed by atoms with Crippen molar-refractivity contribution in [2.75, 3.05) is 18.0 Å². The quantitative estimate of drug-likeness (QED) is 0.726. The van der Waals surface area contributed by atoms with E-state index in [-0.39, 0.29) is 12.1 Å². The molecule has 1 fully saturated rings. The maximum Gasteiger partial charge on any atom is 0.416 e. The van der Waals surface area contributed by atoms with Crippen LogP contribution in [0.5, 0.6) is 0 Å². The van der Waals surface area contributed by atoms with E-state index in [0.29, 0.717) is 11.9 Å². The molecule has 5 nitrogen and oxygen atoms in total. The fraction of sp³-hybridized carbons (Fsp3) is 0.714. The van der Waals surface area contributed by atoms with Crippen molar-refractivity contribution in [3.8, 4) is 0 Å². The number of aromatic nitrogens is 1. The Bertz CT molecular complexity index is 580. The molecule has 2 rings (SSSR count). The highest BCUT2D eigenvalue weighted by Crippen LogP contribution is 2.31. The van der Waals surface area contributed by atoms with Crippen molar-refractivity contribution in [1.82, 2.24) is 9.88 Å². The van der Waals surface area contributed by atoms with E-state index in [1.807, 2.05) is 40.0 Å². The first-order valence-corrected chi connectivity index (χ1v) is 9.99. The predicted octanol–water partition coefficient (Wildman–Crippen LogP) is 5.17. The number of carbonyl (C=O) groups is 1. The van der Waals surface area contributed by atoms with E-state index < -0.39 is 5.60 Å². The van der Waals surface area contributed by atoms with Gasteiger partial charge in [-0.15, -0.1) is 0 Å². The number of piperidine rings is 1. The molecule has 1 aliphatic heterocycles. The minimum atomic E-state index is -0.521. The first-order valence-electron chi connectivity index (χ1n) is 9.99. The molecule has 1 aliphatic rings. The first kappa shape index (κ1) is 20.7. The van der Waals surface area contributed by atoms with E-state index in [1.54, 1.807) is 4.90 Å². The molecular weight excluding hydrogens is 326 g/mol. The number of amides is 1. The van der Waals surface area contributed by atoms with E-state index in [2.05, 4.69) is 29.8 Å². The van der Waals surface area contributed by atoms with Crippen molar-refractivity contribution in [3.05, 3.63) is 23.9 Å². The van der Waals surface area contributed by atoms with Crippen molar-refractivity contribution in [2.45, 2.75) is 84.9 Å². The lowest BCUT2D eigenvalue weighted by molar-refractivity contribution is 0.0566. The van der Waals surface area contributed by atoms with Gasteiger partial charge in [0.1, 0.15) is 11.4 Å². The van der Waals surface area contributed by atoms with Gasteiger partial charge in [-0.25, -0.2) is 9.78 Å². The Balaban J connectivity index is 2.22. The highest BCUT2D eigenvalue weighted by Gasteiger charge is 2.28. The topological polar surface area (TPSA) is 45.7 Å². The number of likely N-dealkylation sites (tertiary alicyclic amines) is 1. The Hall–Kier alpha value is -1.62. The molecule has 0 aliphatic carbocycles. The number of anilines is 1. The number of nitrogens with zero attached hydrogens (tertiary/aromatic N) is 3. The summed E-state index contributed by atoms with van der Waals surface area (Å²) in [6.07, 6.45) is 6.16. The predicted molar refractivity (Wildman–Crippen MR) is 107 cm³/mol. The average molecular weight is 362 g/mol. The lowest BCUT2D eigenvalue weighted by atomic mass is 9.96. The lowest BCUT2D eigenvalue weighted by Gasteiger charge is -2.35. The average Bonchev–Trinajstić information content (AvgIpc) is 2.60. The summed E-state index contributed by atoms with van der Waals surface area (Å²) in [5.41, 5.74) is 0.718. The number of rotatable bonds is 5. The maximum absolute atomic E-state index is 12.7. The van der Waals surface area contributed by atoms with Gasteiger partial charge < -0.3 is 4.74 Å². The van der Waals surface area contributed by atoms with Crippen molar-refractivity contribution < 1.29 is 9.53 Å². The normalized spacial score (nSPS) is 19.8. The van der Waals surface area contributed by atoms with Gasteiger partial charge >= 0.3 is 6.09 Å². The summed E-state index contributed by atoms with van der Waals surface area (Å²) >= 11 is 0. The number of hydrogen-bond acceptors (Lipinski definition) is 4. The third-order valence-electron chi connectivity index (χ3n) is 5.04.